The van der Waals surface area contributed by atoms with Gasteiger partial charge in [0.2, 0.25) is 0 Å². The highest BCUT2D eigenvalue weighted by Crippen LogP contribution is 2.35. The van der Waals surface area contributed by atoms with Gasteiger partial charge in [-0.15, -0.1) is 11.3 Å². The molecule has 0 aliphatic carbocycles. The van der Waals surface area contributed by atoms with E-state index >= 15 is 0 Å². The highest BCUT2D eigenvalue weighted by molar-refractivity contribution is 9.11. The van der Waals surface area contributed by atoms with Crippen LogP contribution < -0.4 is 9.46 Å². The summed E-state index contributed by atoms with van der Waals surface area (Å²) in [6.45, 7) is 1.78. The Kier molecular flexibility index (Phi) is 5.32. The first-order chi connectivity index (χ1) is 9.83. The molecule has 2 rings (SSSR count). The van der Waals surface area contributed by atoms with Crippen molar-refractivity contribution in [1.82, 2.24) is 4.72 Å². The maximum absolute atomic E-state index is 12.3. The molecule has 4 nitrogen and oxygen atoms in total. The fraction of sp³-hybridized carbons (Fsp3) is 0.231. The van der Waals surface area contributed by atoms with Crippen LogP contribution in [0.3, 0.4) is 0 Å². The molecule has 0 saturated heterocycles. The first-order valence-corrected chi connectivity index (χ1v) is 9.41. The van der Waals surface area contributed by atoms with E-state index in [4.69, 9.17) is 16.3 Å². The Hall–Kier alpha value is -0.600. The van der Waals surface area contributed by atoms with Gasteiger partial charge in [0.15, 0.2) is 0 Å². The van der Waals surface area contributed by atoms with Crippen LogP contribution in [0.25, 0.3) is 0 Å². The Morgan fingerprint density at radius 2 is 1.95 bits per heavy atom. The second-order valence-electron chi connectivity index (χ2n) is 4.30. The zero-order valence-electron chi connectivity index (χ0n) is 11.3. The lowest BCUT2D eigenvalue weighted by molar-refractivity contribution is 0.414. The summed E-state index contributed by atoms with van der Waals surface area (Å²) in [5.74, 6) is 0.725. The second kappa shape index (κ2) is 6.66. The molecule has 0 radical (unpaired) electrons. The highest BCUT2D eigenvalue weighted by Gasteiger charge is 2.22. The number of halogens is 2. The molecule has 1 aromatic carbocycles. The first-order valence-electron chi connectivity index (χ1n) is 5.94. The number of ether oxygens (including phenoxy) is 1. The van der Waals surface area contributed by atoms with Gasteiger partial charge in [0.05, 0.1) is 15.9 Å². The quantitative estimate of drug-likeness (QED) is 0.803. The zero-order valence-corrected chi connectivity index (χ0v) is 15.2. The molecule has 1 heterocycles. The molecule has 21 heavy (non-hydrogen) atoms. The van der Waals surface area contributed by atoms with Crippen molar-refractivity contribution in [2.75, 3.05) is 7.11 Å². The Morgan fingerprint density at radius 3 is 2.43 bits per heavy atom. The fourth-order valence-corrected chi connectivity index (χ4v) is 5.36. The molecule has 0 aliphatic heterocycles. The zero-order chi connectivity index (χ0) is 15.6. The van der Waals surface area contributed by atoms with E-state index in [0.29, 0.717) is 8.81 Å². The summed E-state index contributed by atoms with van der Waals surface area (Å²) in [6.07, 6.45) is 0. The summed E-state index contributed by atoms with van der Waals surface area (Å²) in [6, 6.07) is 8.30. The summed E-state index contributed by atoms with van der Waals surface area (Å²) >= 11 is 10.2. The van der Waals surface area contributed by atoms with Crippen molar-refractivity contribution >= 4 is 48.9 Å². The summed E-state index contributed by atoms with van der Waals surface area (Å²) in [5, 5.41) is 0.387. The number of benzene rings is 1. The van der Waals surface area contributed by atoms with Crippen molar-refractivity contribution in [2.24, 2.45) is 0 Å². The van der Waals surface area contributed by atoms with Gasteiger partial charge in [0, 0.05) is 6.04 Å². The van der Waals surface area contributed by atoms with E-state index in [-0.39, 0.29) is 10.3 Å². The van der Waals surface area contributed by atoms with Crippen LogP contribution in [0, 0.1) is 0 Å². The molecular formula is C13H13BrClNO3S2. The monoisotopic (exact) mass is 409 g/mol. The largest absolute Gasteiger partial charge is 0.497 e. The van der Waals surface area contributed by atoms with Crippen molar-refractivity contribution in [3.8, 4) is 5.75 Å². The van der Waals surface area contributed by atoms with E-state index in [2.05, 4.69) is 20.7 Å². The first kappa shape index (κ1) is 16.8. The predicted octanol–water partition coefficient (Wildman–Crippen LogP) is 4.21. The average molecular weight is 411 g/mol. The molecule has 0 amide bonds. The molecule has 0 bridgehead atoms. The van der Waals surface area contributed by atoms with Crippen molar-refractivity contribution in [1.29, 1.82) is 0 Å². The second-order valence-corrected chi connectivity index (χ2v) is 9.02. The molecule has 114 valence electrons. The van der Waals surface area contributed by atoms with Gasteiger partial charge in [-0.05, 0) is 46.6 Å². The van der Waals surface area contributed by atoms with Gasteiger partial charge in [-0.25, -0.2) is 13.1 Å². The minimum absolute atomic E-state index is 0.180. The SMILES string of the molecule is COc1ccc(C(C)NS(=O)(=O)c2cc(Cl)c(Br)s2)cc1. The molecule has 1 N–H and O–H groups in total. The lowest BCUT2D eigenvalue weighted by Gasteiger charge is -2.14. The van der Waals surface area contributed by atoms with Crippen LogP contribution in [0.5, 0.6) is 5.75 Å². The lowest BCUT2D eigenvalue weighted by atomic mass is 10.1. The Balaban J connectivity index is 2.18. The fourth-order valence-electron chi connectivity index (χ4n) is 1.71. The van der Waals surface area contributed by atoms with Gasteiger partial charge in [0.25, 0.3) is 10.0 Å². The standard InChI is InChI=1S/C13H13BrClNO3S2/c1-8(9-3-5-10(19-2)6-4-9)16-21(17,18)12-7-11(15)13(14)20-12/h3-8,16H,1-2H3. The van der Waals surface area contributed by atoms with Gasteiger partial charge in [-0.1, -0.05) is 23.7 Å². The van der Waals surface area contributed by atoms with Crippen molar-refractivity contribution in [3.05, 3.63) is 44.7 Å². The van der Waals surface area contributed by atoms with Crippen LogP contribution in [0.2, 0.25) is 5.02 Å². The molecule has 1 aromatic heterocycles. The van der Waals surface area contributed by atoms with Crippen LogP contribution >= 0.6 is 38.9 Å². The Bertz CT molecular complexity index is 709. The van der Waals surface area contributed by atoms with Gasteiger partial charge >= 0.3 is 0 Å². The minimum Gasteiger partial charge on any atom is -0.497 e. The van der Waals surface area contributed by atoms with Gasteiger partial charge in [0.1, 0.15) is 9.96 Å². The number of rotatable bonds is 5. The van der Waals surface area contributed by atoms with Crippen LogP contribution in [0.1, 0.15) is 18.5 Å². The van der Waals surface area contributed by atoms with Crippen LogP contribution in [0.4, 0.5) is 0 Å². The molecule has 2 aromatic rings. The Labute approximate surface area is 141 Å². The topological polar surface area (TPSA) is 55.4 Å². The maximum atomic E-state index is 12.3. The van der Waals surface area contributed by atoms with Crippen LogP contribution in [0.15, 0.2) is 38.3 Å². The van der Waals surface area contributed by atoms with Gasteiger partial charge < -0.3 is 4.74 Å². The van der Waals surface area contributed by atoms with E-state index in [1.807, 2.05) is 12.1 Å². The molecule has 0 aliphatic rings. The van der Waals surface area contributed by atoms with Crippen molar-refractivity contribution < 1.29 is 13.2 Å². The summed E-state index contributed by atoms with van der Waals surface area (Å²) < 4.78 is 33.1. The molecule has 8 heteroatoms. The maximum Gasteiger partial charge on any atom is 0.250 e. The van der Waals surface area contributed by atoms with Gasteiger partial charge in [-0.2, -0.15) is 0 Å². The smallest absolute Gasteiger partial charge is 0.250 e. The van der Waals surface area contributed by atoms with E-state index < -0.39 is 10.0 Å². The van der Waals surface area contributed by atoms with E-state index in [9.17, 15) is 8.42 Å². The van der Waals surface area contributed by atoms with Crippen molar-refractivity contribution in [2.45, 2.75) is 17.2 Å². The number of thiophene rings is 1. The van der Waals surface area contributed by atoms with E-state index in [1.54, 1.807) is 26.2 Å². The van der Waals surface area contributed by atoms with Gasteiger partial charge in [-0.3, -0.25) is 0 Å². The number of hydrogen-bond donors (Lipinski definition) is 1. The molecule has 0 fully saturated rings. The normalized spacial score (nSPS) is 13.1. The van der Waals surface area contributed by atoms with Crippen LogP contribution in [-0.4, -0.2) is 15.5 Å². The highest BCUT2D eigenvalue weighted by atomic mass is 79.9. The van der Waals surface area contributed by atoms with E-state index in [0.717, 1.165) is 22.6 Å². The number of methoxy groups -OCH3 is 1. The molecular weight excluding hydrogens is 398 g/mol. The third kappa shape index (κ3) is 3.98. The third-order valence-electron chi connectivity index (χ3n) is 2.84. The number of hydrogen-bond acceptors (Lipinski definition) is 4. The molecule has 1 unspecified atom stereocenters. The average Bonchev–Trinajstić information content (AvgIpc) is 2.79. The third-order valence-corrected chi connectivity index (χ3v) is 7.32. The summed E-state index contributed by atoms with van der Waals surface area (Å²) in [7, 11) is -2.02. The summed E-state index contributed by atoms with van der Waals surface area (Å²) in [4.78, 5) is 0. The molecule has 0 saturated carbocycles. The van der Waals surface area contributed by atoms with Crippen LogP contribution in [-0.2, 0) is 10.0 Å². The lowest BCUT2D eigenvalue weighted by Crippen LogP contribution is -2.26. The van der Waals surface area contributed by atoms with E-state index in [1.165, 1.54) is 6.07 Å². The number of nitrogens with one attached hydrogen (secondary N) is 1. The Morgan fingerprint density at radius 1 is 1.33 bits per heavy atom. The van der Waals surface area contributed by atoms with Crippen molar-refractivity contribution in [3.63, 3.8) is 0 Å². The summed E-state index contributed by atoms with van der Waals surface area (Å²) in [5.41, 5.74) is 0.848. The molecule has 1 atom stereocenters. The predicted molar refractivity (Wildman–Crippen MR) is 88.8 cm³/mol. The number of sulfonamides is 1. The minimum atomic E-state index is -3.60. The molecule has 0 spiro atoms.